The number of nitrogens with zero attached hydrogens (tertiary/aromatic N) is 3. The molecule has 0 aliphatic rings. The van der Waals surface area contributed by atoms with Gasteiger partial charge in [-0.15, -0.1) is 10.2 Å². The van der Waals surface area contributed by atoms with Crippen LogP contribution in [0.2, 0.25) is 0 Å². The van der Waals surface area contributed by atoms with Gasteiger partial charge in [0.15, 0.2) is 5.82 Å². The van der Waals surface area contributed by atoms with Crippen LogP contribution in [0.4, 0.5) is 5.82 Å². The van der Waals surface area contributed by atoms with Gasteiger partial charge >= 0.3 is 0 Å². The second-order valence-corrected chi connectivity index (χ2v) is 2.93. The van der Waals surface area contributed by atoms with Gasteiger partial charge in [0.1, 0.15) is 17.8 Å². The Bertz CT molecular complexity index is 472. The molecule has 0 bridgehead atoms. The first-order valence-corrected chi connectivity index (χ1v) is 4.39. The molecule has 2 aromatic rings. The SMILES string of the molecule is COc1cccc(-c2nncnc2N)c1. The molecule has 5 nitrogen and oxygen atoms in total. The summed E-state index contributed by atoms with van der Waals surface area (Å²) in [7, 11) is 1.61. The Hall–Kier alpha value is -2.17. The van der Waals surface area contributed by atoms with E-state index in [4.69, 9.17) is 10.5 Å². The lowest BCUT2D eigenvalue weighted by Gasteiger charge is -2.04. The maximum atomic E-state index is 5.69. The zero-order valence-electron chi connectivity index (χ0n) is 8.21. The Morgan fingerprint density at radius 1 is 1.33 bits per heavy atom. The van der Waals surface area contributed by atoms with E-state index in [0.717, 1.165) is 11.3 Å². The highest BCUT2D eigenvalue weighted by Crippen LogP contribution is 2.24. The average molecular weight is 202 g/mol. The molecule has 76 valence electrons. The summed E-state index contributed by atoms with van der Waals surface area (Å²) in [6.45, 7) is 0. The molecule has 1 aromatic carbocycles. The summed E-state index contributed by atoms with van der Waals surface area (Å²) in [6, 6.07) is 7.43. The van der Waals surface area contributed by atoms with Gasteiger partial charge in [0.2, 0.25) is 0 Å². The van der Waals surface area contributed by atoms with Crippen molar-refractivity contribution in [3.05, 3.63) is 30.6 Å². The molecule has 0 saturated heterocycles. The minimum Gasteiger partial charge on any atom is -0.497 e. The molecule has 1 heterocycles. The third-order valence-electron chi connectivity index (χ3n) is 1.99. The van der Waals surface area contributed by atoms with Crippen LogP contribution in [-0.4, -0.2) is 22.3 Å². The molecule has 0 spiro atoms. The number of ether oxygens (including phenoxy) is 1. The van der Waals surface area contributed by atoms with Crippen LogP contribution in [0.1, 0.15) is 0 Å². The van der Waals surface area contributed by atoms with E-state index in [9.17, 15) is 0 Å². The summed E-state index contributed by atoms with van der Waals surface area (Å²) in [6.07, 6.45) is 1.32. The van der Waals surface area contributed by atoms with Crippen LogP contribution in [0, 0.1) is 0 Å². The summed E-state index contributed by atoms with van der Waals surface area (Å²) in [5.74, 6) is 1.11. The minimum absolute atomic E-state index is 0.359. The summed E-state index contributed by atoms with van der Waals surface area (Å²) >= 11 is 0. The van der Waals surface area contributed by atoms with E-state index in [0.29, 0.717) is 11.5 Å². The van der Waals surface area contributed by atoms with Crippen molar-refractivity contribution in [3.8, 4) is 17.0 Å². The lowest BCUT2D eigenvalue weighted by Crippen LogP contribution is -1.98. The van der Waals surface area contributed by atoms with E-state index >= 15 is 0 Å². The number of hydrogen-bond donors (Lipinski definition) is 1. The first-order chi connectivity index (χ1) is 7.31. The highest BCUT2D eigenvalue weighted by Gasteiger charge is 2.05. The number of benzene rings is 1. The fourth-order valence-electron chi connectivity index (χ4n) is 1.26. The van der Waals surface area contributed by atoms with Crippen molar-refractivity contribution in [2.75, 3.05) is 12.8 Å². The Morgan fingerprint density at radius 3 is 2.93 bits per heavy atom. The van der Waals surface area contributed by atoms with Crippen LogP contribution in [-0.2, 0) is 0 Å². The largest absolute Gasteiger partial charge is 0.497 e. The lowest BCUT2D eigenvalue weighted by atomic mass is 10.1. The van der Waals surface area contributed by atoms with Crippen LogP contribution in [0.3, 0.4) is 0 Å². The quantitative estimate of drug-likeness (QED) is 0.790. The predicted molar refractivity (Wildman–Crippen MR) is 56.2 cm³/mol. The number of aromatic nitrogens is 3. The van der Waals surface area contributed by atoms with E-state index in [-0.39, 0.29) is 0 Å². The van der Waals surface area contributed by atoms with Crippen LogP contribution in [0.25, 0.3) is 11.3 Å². The number of rotatable bonds is 2. The second kappa shape index (κ2) is 3.91. The van der Waals surface area contributed by atoms with Gasteiger partial charge in [-0.25, -0.2) is 4.98 Å². The molecule has 0 fully saturated rings. The van der Waals surface area contributed by atoms with E-state index in [1.54, 1.807) is 7.11 Å². The highest BCUT2D eigenvalue weighted by molar-refractivity contribution is 5.69. The Morgan fingerprint density at radius 2 is 2.20 bits per heavy atom. The van der Waals surface area contributed by atoms with Gasteiger partial charge in [0.25, 0.3) is 0 Å². The lowest BCUT2D eigenvalue weighted by molar-refractivity contribution is 0.415. The Labute approximate surface area is 86.9 Å². The fraction of sp³-hybridized carbons (Fsp3) is 0.100. The van der Waals surface area contributed by atoms with E-state index in [1.165, 1.54) is 6.33 Å². The molecule has 0 aliphatic carbocycles. The van der Waals surface area contributed by atoms with E-state index in [1.807, 2.05) is 24.3 Å². The molecule has 15 heavy (non-hydrogen) atoms. The monoisotopic (exact) mass is 202 g/mol. The molecule has 2 rings (SSSR count). The predicted octanol–water partition coefficient (Wildman–Crippen LogP) is 1.13. The van der Waals surface area contributed by atoms with Crippen molar-refractivity contribution in [2.24, 2.45) is 0 Å². The van der Waals surface area contributed by atoms with Crippen LogP contribution in [0.5, 0.6) is 5.75 Å². The van der Waals surface area contributed by atoms with Crippen molar-refractivity contribution in [1.29, 1.82) is 0 Å². The Kier molecular flexibility index (Phi) is 2.45. The van der Waals surface area contributed by atoms with E-state index in [2.05, 4.69) is 15.2 Å². The van der Waals surface area contributed by atoms with Crippen molar-refractivity contribution in [1.82, 2.24) is 15.2 Å². The maximum absolute atomic E-state index is 5.69. The number of nitrogens with two attached hydrogens (primary N) is 1. The Balaban J connectivity index is 2.49. The summed E-state index contributed by atoms with van der Waals surface area (Å²) in [5, 5.41) is 7.63. The second-order valence-electron chi connectivity index (χ2n) is 2.93. The first kappa shape index (κ1) is 9.39. The molecule has 2 N–H and O–H groups in total. The molecule has 5 heteroatoms. The summed E-state index contributed by atoms with van der Waals surface area (Å²) < 4.78 is 5.11. The molecule has 0 atom stereocenters. The van der Waals surface area contributed by atoms with Crippen molar-refractivity contribution in [2.45, 2.75) is 0 Å². The number of anilines is 1. The minimum atomic E-state index is 0.359. The summed E-state index contributed by atoms with van der Waals surface area (Å²) in [4.78, 5) is 3.87. The van der Waals surface area contributed by atoms with Gasteiger partial charge in [-0.05, 0) is 12.1 Å². The zero-order valence-corrected chi connectivity index (χ0v) is 8.21. The standard InChI is InChI=1S/C10H10N4O/c1-15-8-4-2-3-7(5-8)9-10(11)12-6-13-14-9/h2-6H,1H3,(H2,11,12,13). The molecular weight excluding hydrogens is 192 g/mol. The van der Waals surface area contributed by atoms with Gasteiger partial charge in [-0.2, -0.15) is 0 Å². The van der Waals surface area contributed by atoms with Crippen LogP contribution in [0.15, 0.2) is 30.6 Å². The number of hydrogen-bond acceptors (Lipinski definition) is 5. The third-order valence-corrected chi connectivity index (χ3v) is 1.99. The van der Waals surface area contributed by atoms with Crippen molar-refractivity contribution in [3.63, 3.8) is 0 Å². The highest BCUT2D eigenvalue weighted by atomic mass is 16.5. The van der Waals surface area contributed by atoms with Crippen LogP contribution >= 0.6 is 0 Å². The molecule has 0 saturated carbocycles. The van der Waals surface area contributed by atoms with Gasteiger partial charge in [-0.3, -0.25) is 0 Å². The van der Waals surface area contributed by atoms with Gasteiger partial charge in [0, 0.05) is 5.56 Å². The van der Waals surface area contributed by atoms with Crippen LogP contribution < -0.4 is 10.5 Å². The zero-order chi connectivity index (χ0) is 10.7. The van der Waals surface area contributed by atoms with Gasteiger partial charge in [0.05, 0.1) is 7.11 Å². The first-order valence-electron chi connectivity index (χ1n) is 4.39. The van der Waals surface area contributed by atoms with Gasteiger partial charge in [-0.1, -0.05) is 12.1 Å². The van der Waals surface area contributed by atoms with E-state index < -0.39 is 0 Å². The smallest absolute Gasteiger partial charge is 0.153 e. The van der Waals surface area contributed by atoms with Crippen molar-refractivity contribution >= 4 is 5.82 Å². The van der Waals surface area contributed by atoms with Gasteiger partial charge < -0.3 is 10.5 Å². The third kappa shape index (κ3) is 1.85. The molecule has 1 aromatic heterocycles. The molecule has 0 unspecified atom stereocenters. The fourth-order valence-corrected chi connectivity index (χ4v) is 1.26. The molecule has 0 aliphatic heterocycles. The molecule has 0 amide bonds. The summed E-state index contributed by atoms with van der Waals surface area (Å²) in [5.41, 5.74) is 7.10. The van der Waals surface area contributed by atoms with Crippen molar-refractivity contribution < 1.29 is 4.74 Å². The maximum Gasteiger partial charge on any atom is 0.153 e. The average Bonchev–Trinajstić information content (AvgIpc) is 2.30. The molecule has 0 radical (unpaired) electrons. The number of methoxy groups -OCH3 is 1. The number of nitrogen functional groups attached to an aromatic ring is 1. The topological polar surface area (TPSA) is 73.9 Å². The molecular formula is C10H10N4O. The normalized spacial score (nSPS) is 9.93.